The van der Waals surface area contributed by atoms with Crippen molar-refractivity contribution in [2.75, 3.05) is 26.1 Å². The van der Waals surface area contributed by atoms with Gasteiger partial charge >= 0.3 is 6.03 Å². The molecular weight excluding hydrogens is 383 g/mol. The standard InChI is InChI=1S/C24H23FN2O3/c1-29-21-14-16-12-13-27(24(28)26-17-8-4-3-5-9-17)23(19(16)15-22(21)30-2)18-10-6-7-11-20(18)25/h3-11,14-15,23H,12-13H2,1-2H3,(H,26,28)/t23-/m1/s1. The monoisotopic (exact) mass is 406 g/mol. The van der Waals surface area contributed by atoms with Gasteiger partial charge in [0, 0.05) is 17.8 Å². The highest BCUT2D eigenvalue weighted by atomic mass is 19.1. The van der Waals surface area contributed by atoms with Crippen molar-refractivity contribution in [3.05, 3.63) is 89.2 Å². The molecule has 3 aromatic carbocycles. The maximum atomic E-state index is 14.8. The summed E-state index contributed by atoms with van der Waals surface area (Å²) in [6.07, 6.45) is 0.628. The first kappa shape index (κ1) is 19.8. The van der Waals surface area contributed by atoms with Crippen LogP contribution in [0.15, 0.2) is 66.7 Å². The second kappa shape index (κ2) is 8.45. The van der Waals surface area contributed by atoms with E-state index in [1.807, 2.05) is 42.5 Å². The third kappa shape index (κ3) is 3.68. The first-order chi connectivity index (χ1) is 14.6. The van der Waals surface area contributed by atoms with Gasteiger partial charge in [0.25, 0.3) is 0 Å². The van der Waals surface area contributed by atoms with Crippen LogP contribution in [0.3, 0.4) is 0 Å². The van der Waals surface area contributed by atoms with Gasteiger partial charge in [0.1, 0.15) is 5.82 Å². The number of methoxy groups -OCH3 is 2. The molecule has 1 atom stereocenters. The fraction of sp³-hybridized carbons (Fsp3) is 0.208. The van der Waals surface area contributed by atoms with Crippen LogP contribution in [0.4, 0.5) is 14.9 Å². The number of benzene rings is 3. The van der Waals surface area contributed by atoms with E-state index in [0.717, 1.165) is 11.1 Å². The molecule has 2 amide bonds. The van der Waals surface area contributed by atoms with E-state index in [1.54, 1.807) is 37.3 Å². The molecule has 0 aliphatic carbocycles. The number of urea groups is 1. The number of nitrogens with zero attached hydrogens (tertiary/aromatic N) is 1. The zero-order valence-corrected chi connectivity index (χ0v) is 16.9. The van der Waals surface area contributed by atoms with E-state index < -0.39 is 6.04 Å². The Kier molecular flexibility index (Phi) is 5.57. The minimum atomic E-state index is -0.585. The normalized spacial score (nSPS) is 15.3. The van der Waals surface area contributed by atoms with E-state index >= 15 is 0 Å². The summed E-state index contributed by atoms with van der Waals surface area (Å²) in [5.74, 6) is 0.802. The molecule has 1 N–H and O–H groups in total. The molecule has 1 aliphatic rings. The predicted octanol–water partition coefficient (Wildman–Crippen LogP) is 5.02. The molecule has 0 spiro atoms. The van der Waals surface area contributed by atoms with Crippen molar-refractivity contribution >= 4 is 11.7 Å². The summed E-state index contributed by atoms with van der Waals surface area (Å²) in [7, 11) is 3.14. The number of para-hydroxylation sites is 1. The summed E-state index contributed by atoms with van der Waals surface area (Å²) in [6.45, 7) is 0.445. The summed E-state index contributed by atoms with van der Waals surface area (Å²) in [6, 6.07) is 18.7. The van der Waals surface area contributed by atoms with E-state index in [2.05, 4.69) is 5.32 Å². The Labute approximate surface area is 175 Å². The first-order valence-corrected chi connectivity index (χ1v) is 9.74. The minimum absolute atomic E-state index is 0.283. The second-order valence-electron chi connectivity index (χ2n) is 7.07. The van der Waals surface area contributed by atoms with E-state index in [-0.39, 0.29) is 11.8 Å². The summed E-state index contributed by atoms with van der Waals surface area (Å²) in [4.78, 5) is 14.9. The fourth-order valence-corrected chi connectivity index (χ4v) is 3.91. The molecule has 0 saturated carbocycles. The van der Waals surface area contributed by atoms with Gasteiger partial charge in [-0.25, -0.2) is 9.18 Å². The summed E-state index contributed by atoms with van der Waals surface area (Å²) < 4.78 is 25.7. The van der Waals surface area contributed by atoms with Crippen molar-refractivity contribution in [3.63, 3.8) is 0 Å². The number of amides is 2. The molecule has 0 unspecified atom stereocenters. The van der Waals surface area contributed by atoms with E-state index in [4.69, 9.17) is 9.47 Å². The van der Waals surface area contributed by atoms with Crippen molar-refractivity contribution in [2.45, 2.75) is 12.5 Å². The molecule has 0 aromatic heterocycles. The molecule has 1 heterocycles. The highest BCUT2D eigenvalue weighted by molar-refractivity contribution is 5.90. The van der Waals surface area contributed by atoms with Crippen molar-refractivity contribution < 1.29 is 18.7 Å². The first-order valence-electron chi connectivity index (χ1n) is 9.74. The maximum Gasteiger partial charge on any atom is 0.322 e. The molecule has 0 fully saturated rings. The van der Waals surface area contributed by atoms with Gasteiger partial charge in [-0.1, -0.05) is 36.4 Å². The van der Waals surface area contributed by atoms with Crippen LogP contribution in [0.25, 0.3) is 0 Å². The molecule has 0 bridgehead atoms. The number of anilines is 1. The van der Waals surface area contributed by atoms with Gasteiger partial charge in [-0.15, -0.1) is 0 Å². The molecular formula is C24H23FN2O3. The van der Waals surface area contributed by atoms with Gasteiger partial charge in [0.05, 0.1) is 20.3 Å². The van der Waals surface area contributed by atoms with E-state index in [9.17, 15) is 9.18 Å². The lowest BCUT2D eigenvalue weighted by Gasteiger charge is -2.38. The summed E-state index contributed by atoms with van der Waals surface area (Å²) >= 11 is 0. The molecule has 30 heavy (non-hydrogen) atoms. The number of ether oxygens (including phenoxy) is 2. The molecule has 1 aliphatic heterocycles. The quantitative estimate of drug-likeness (QED) is 0.662. The summed E-state index contributed by atoms with van der Waals surface area (Å²) in [5, 5.41) is 2.92. The smallest absolute Gasteiger partial charge is 0.322 e. The Balaban J connectivity index is 1.80. The molecule has 4 rings (SSSR count). The zero-order chi connectivity index (χ0) is 21.1. The van der Waals surface area contributed by atoms with Crippen LogP contribution in [0.2, 0.25) is 0 Å². The van der Waals surface area contributed by atoms with Crippen molar-refractivity contribution in [1.82, 2.24) is 4.90 Å². The average molecular weight is 406 g/mol. The third-order valence-electron chi connectivity index (χ3n) is 5.36. The van der Waals surface area contributed by atoms with Crippen LogP contribution in [-0.2, 0) is 6.42 Å². The van der Waals surface area contributed by atoms with E-state index in [0.29, 0.717) is 35.7 Å². The van der Waals surface area contributed by atoms with Crippen molar-refractivity contribution in [1.29, 1.82) is 0 Å². The van der Waals surface area contributed by atoms with Gasteiger partial charge in [-0.3, -0.25) is 0 Å². The predicted molar refractivity (Wildman–Crippen MR) is 114 cm³/mol. The highest BCUT2D eigenvalue weighted by Gasteiger charge is 2.34. The van der Waals surface area contributed by atoms with E-state index in [1.165, 1.54) is 6.07 Å². The third-order valence-corrected chi connectivity index (χ3v) is 5.36. The van der Waals surface area contributed by atoms with Gasteiger partial charge < -0.3 is 19.7 Å². The Morgan fingerprint density at radius 2 is 1.63 bits per heavy atom. The average Bonchev–Trinajstić information content (AvgIpc) is 2.78. The van der Waals surface area contributed by atoms with Gasteiger partial charge in [0.15, 0.2) is 11.5 Å². The van der Waals surface area contributed by atoms with Gasteiger partial charge in [0.2, 0.25) is 0 Å². The van der Waals surface area contributed by atoms with Crippen LogP contribution >= 0.6 is 0 Å². The maximum absolute atomic E-state index is 14.8. The number of carbonyl (C=O) groups excluding carboxylic acids is 1. The van der Waals surface area contributed by atoms with Crippen LogP contribution < -0.4 is 14.8 Å². The lowest BCUT2D eigenvalue weighted by Crippen LogP contribution is -2.43. The highest BCUT2D eigenvalue weighted by Crippen LogP contribution is 2.41. The largest absolute Gasteiger partial charge is 0.493 e. The number of fused-ring (bicyclic) bond motifs is 1. The molecule has 3 aromatic rings. The molecule has 0 saturated heterocycles. The Hall–Kier alpha value is -3.54. The van der Waals surface area contributed by atoms with Crippen LogP contribution in [0, 0.1) is 5.82 Å². The van der Waals surface area contributed by atoms with Gasteiger partial charge in [-0.05, 0) is 47.9 Å². The molecule has 6 heteroatoms. The number of rotatable bonds is 4. The van der Waals surface area contributed by atoms with Crippen molar-refractivity contribution in [3.8, 4) is 11.5 Å². The SMILES string of the molecule is COc1cc2c(cc1OC)[C@@H](c1ccccc1F)N(C(=O)Nc1ccccc1)CC2. The topological polar surface area (TPSA) is 50.8 Å². The Bertz CT molecular complexity index is 1060. The van der Waals surface area contributed by atoms with Crippen molar-refractivity contribution in [2.24, 2.45) is 0 Å². The molecule has 5 nitrogen and oxygen atoms in total. The molecule has 0 radical (unpaired) electrons. The Morgan fingerprint density at radius 1 is 0.967 bits per heavy atom. The zero-order valence-electron chi connectivity index (χ0n) is 16.9. The summed E-state index contributed by atoms with van der Waals surface area (Å²) in [5.41, 5.74) is 2.96. The molecule has 154 valence electrons. The lowest BCUT2D eigenvalue weighted by molar-refractivity contribution is 0.192. The number of halogens is 1. The fourth-order valence-electron chi connectivity index (χ4n) is 3.91. The van der Waals surface area contributed by atoms with Crippen LogP contribution in [0.1, 0.15) is 22.7 Å². The second-order valence-corrected chi connectivity index (χ2v) is 7.07. The minimum Gasteiger partial charge on any atom is -0.493 e. The number of carbonyl (C=O) groups is 1. The number of hydrogen-bond acceptors (Lipinski definition) is 3. The lowest BCUT2D eigenvalue weighted by atomic mass is 9.87. The number of nitrogens with one attached hydrogen (secondary N) is 1. The van der Waals surface area contributed by atoms with Gasteiger partial charge in [-0.2, -0.15) is 0 Å². The number of hydrogen-bond donors (Lipinski definition) is 1. The Morgan fingerprint density at radius 3 is 2.33 bits per heavy atom. The van der Waals surface area contributed by atoms with Crippen LogP contribution in [-0.4, -0.2) is 31.7 Å². The van der Waals surface area contributed by atoms with Crippen LogP contribution in [0.5, 0.6) is 11.5 Å².